The van der Waals surface area contributed by atoms with Crippen LogP contribution < -0.4 is 4.74 Å². The van der Waals surface area contributed by atoms with Gasteiger partial charge in [0.2, 0.25) is 5.88 Å². The Morgan fingerprint density at radius 1 is 0.923 bits per heavy atom. The van der Waals surface area contributed by atoms with Gasteiger partial charge in [0.25, 0.3) is 0 Å². The van der Waals surface area contributed by atoms with Crippen LogP contribution in [0.15, 0.2) is 71.7 Å². The second kappa shape index (κ2) is 7.52. The highest BCUT2D eigenvalue weighted by Crippen LogP contribution is 2.34. The first-order valence-corrected chi connectivity index (χ1v) is 8.73. The van der Waals surface area contributed by atoms with Crippen LogP contribution in [0.1, 0.15) is 32.0 Å². The van der Waals surface area contributed by atoms with Crippen LogP contribution in [-0.4, -0.2) is 18.3 Å². The number of para-hydroxylation sites is 1. The van der Waals surface area contributed by atoms with Gasteiger partial charge in [-0.1, -0.05) is 69.3 Å². The molecule has 3 rings (SSSR count). The molecule has 0 N–H and O–H groups in total. The summed E-state index contributed by atoms with van der Waals surface area (Å²) in [5.74, 6) is 0.616. The maximum absolute atomic E-state index is 5.47. The van der Waals surface area contributed by atoms with Gasteiger partial charge in [0.15, 0.2) is 0 Å². The molecule has 3 aromatic rings. The average molecular weight is 344 g/mol. The minimum absolute atomic E-state index is 0.143. The molecular formula is C23H24N2O. The fourth-order valence-electron chi connectivity index (χ4n) is 2.85. The lowest BCUT2D eigenvalue weighted by atomic mass is 9.85. The van der Waals surface area contributed by atoms with Crippen LogP contribution in [0.4, 0.5) is 5.69 Å². The van der Waals surface area contributed by atoms with Crippen LogP contribution in [0.25, 0.3) is 11.1 Å². The molecule has 3 nitrogen and oxygen atoms in total. The molecule has 0 atom stereocenters. The number of benzene rings is 2. The lowest BCUT2D eigenvalue weighted by Crippen LogP contribution is -2.18. The van der Waals surface area contributed by atoms with Crippen molar-refractivity contribution < 1.29 is 4.74 Å². The molecule has 0 bridgehead atoms. The molecular weight excluding hydrogens is 320 g/mol. The summed E-state index contributed by atoms with van der Waals surface area (Å²) in [7, 11) is 1.65. The van der Waals surface area contributed by atoms with Crippen LogP contribution in [0, 0.1) is 0 Å². The van der Waals surface area contributed by atoms with Gasteiger partial charge in [-0.2, -0.15) is 0 Å². The first-order valence-electron chi connectivity index (χ1n) is 8.73. The van der Waals surface area contributed by atoms with Gasteiger partial charge in [-0.3, -0.25) is 4.99 Å². The number of nitrogens with zero attached hydrogens (tertiary/aromatic N) is 2. The van der Waals surface area contributed by atoms with E-state index in [1.807, 2.05) is 60.8 Å². The molecule has 0 spiro atoms. The molecule has 0 aliphatic heterocycles. The van der Waals surface area contributed by atoms with Crippen LogP contribution in [-0.2, 0) is 5.41 Å². The Morgan fingerprint density at radius 2 is 1.54 bits per heavy atom. The van der Waals surface area contributed by atoms with Gasteiger partial charge in [-0.15, -0.1) is 0 Å². The summed E-state index contributed by atoms with van der Waals surface area (Å²) in [4.78, 5) is 9.43. The smallest absolute Gasteiger partial charge is 0.213 e. The lowest BCUT2D eigenvalue weighted by molar-refractivity contribution is 0.392. The molecule has 0 aliphatic carbocycles. The number of rotatable bonds is 4. The molecule has 3 heteroatoms. The summed E-state index contributed by atoms with van der Waals surface area (Å²) >= 11 is 0. The second-order valence-electron chi connectivity index (χ2n) is 7.18. The third-order valence-corrected chi connectivity index (χ3v) is 4.14. The normalized spacial score (nSPS) is 11.7. The molecule has 0 aliphatic rings. The summed E-state index contributed by atoms with van der Waals surface area (Å²) in [5, 5.41) is 0. The van der Waals surface area contributed by atoms with Gasteiger partial charge in [-0.25, -0.2) is 4.98 Å². The number of methoxy groups -OCH3 is 1. The molecule has 0 amide bonds. The summed E-state index contributed by atoms with van der Waals surface area (Å²) in [6.45, 7) is 6.47. The van der Waals surface area contributed by atoms with Gasteiger partial charge >= 0.3 is 0 Å². The van der Waals surface area contributed by atoms with Crippen molar-refractivity contribution in [2.24, 2.45) is 4.99 Å². The van der Waals surface area contributed by atoms with Gasteiger partial charge in [0.1, 0.15) is 0 Å². The zero-order valence-electron chi connectivity index (χ0n) is 15.7. The molecule has 0 radical (unpaired) electrons. The first kappa shape index (κ1) is 17.9. The van der Waals surface area contributed by atoms with E-state index in [-0.39, 0.29) is 5.41 Å². The van der Waals surface area contributed by atoms with E-state index in [2.05, 4.69) is 37.9 Å². The maximum Gasteiger partial charge on any atom is 0.213 e. The number of hydrogen-bond donors (Lipinski definition) is 0. The van der Waals surface area contributed by atoms with Crippen molar-refractivity contribution in [3.8, 4) is 17.0 Å². The van der Waals surface area contributed by atoms with Crippen LogP contribution in [0.2, 0.25) is 0 Å². The summed E-state index contributed by atoms with van der Waals surface area (Å²) in [6, 6.07) is 22.2. The van der Waals surface area contributed by atoms with E-state index in [0.29, 0.717) is 5.88 Å². The van der Waals surface area contributed by atoms with Crippen molar-refractivity contribution in [1.29, 1.82) is 0 Å². The number of pyridine rings is 1. The Bertz CT molecular complexity index is 895. The largest absolute Gasteiger partial charge is 0.481 e. The molecule has 132 valence electrons. The number of ether oxygens (including phenoxy) is 1. The van der Waals surface area contributed by atoms with Crippen LogP contribution in [0.3, 0.4) is 0 Å². The van der Waals surface area contributed by atoms with E-state index >= 15 is 0 Å². The predicted molar refractivity (Wildman–Crippen MR) is 109 cm³/mol. The first-order chi connectivity index (χ1) is 12.5. The van der Waals surface area contributed by atoms with Crippen LogP contribution >= 0.6 is 0 Å². The monoisotopic (exact) mass is 344 g/mol. The number of hydrogen-bond acceptors (Lipinski definition) is 3. The highest BCUT2D eigenvalue weighted by Gasteiger charge is 2.23. The van der Waals surface area contributed by atoms with E-state index in [1.165, 1.54) is 0 Å². The van der Waals surface area contributed by atoms with Crippen molar-refractivity contribution in [2.75, 3.05) is 7.11 Å². The van der Waals surface area contributed by atoms with Gasteiger partial charge < -0.3 is 4.74 Å². The predicted octanol–water partition coefficient (Wildman–Crippen LogP) is 5.81. The van der Waals surface area contributed by atoms with Crippen LogP contribution in [0.5, 0.6) is 5.88 Å². The molecule has 2 aromatic carbocycles. The third-order valence-electron chi connectivity index (χ3n) is 4.14. The third kappa shape index (κ3) is 3.99. The quantitative estimate of drug-likeness (QED) is 0.560. The Morgan fingerprint density at radius 3 is 2.12 bits per heavy atom. The van der Waals surface area contributed by atoms with E-state index < -0.39 is 0 Å². The zero-order valence-corrected chi connectivity index (χ0v) is 15.7. The second-order valence-corrected chi connectivity index (χ2v) is 7.18. The summed E-state index contributed by atoms with van der Waals surface area (Å²) in [6.07, 6.45) is 1.92. The van der Waals surface area contributed by atoms with Crippen molar-refractivity contribution in [3.05, 3.63) is 78.0 Å². The van der Waals surface area contributed by atoms with Gasteiger partial charge in [-0.05, 0) is 23.3 Å². The Kier molecular flexibility index (Phi) is 5.17. The molecule has 1 heterocycles. The number of aromatic nitrogens is 1. The highest BCUT2D eigenvalue weighted by atomic mass is 16.5. The van der Waals surface area contributed by atoms with Crippen molar-refractivity contribution in [2.45, 2.75) is 26.2 Å². The lowest BCUT2D eigenvalue weighted by Gasteiger charge is -2.23. The van der Waals surface area contributed by atoms with Gasteiger partial charge in [0, 0.05) is 23.3 Å². The molecule has 0 saturated heterocycles. The number of aliphatic imine (C=N–C) groups is 1. The fraction of sp³-hybridized carbons (Fsp3) is 0.217. The minimum Gasteiger partial charge on any atom is -0.481 e. The van der Waals surface area contributed by atoms with E-state index in [9.17, 15) is 0 Å². The van der Waals surface area contributed by atoms with E-state index in [0.717, 1.165) is 28.1 Å². The van der Waals surface area contributed by atoms with E-state index in [1.54, 1.807) is 7.11 Å². The fourth-order valence-corrected chi connectivity index (χ4v) is 2.85. The Labute approximate surface area is 155 Å². The average Bonchev–Trinajstić information content (AvgIpc) is 2.66. The highest BCUT2D eigenvalue weighted by molar-refractivity contribution is 5.93. The topological polar surface area (TPSA) is 34.5 Å². The summed E-state index contributed by atoms with van der Waals surface area (Å²) in [5.41, 5.74) is 4.96. The Hall–Kier alpha value is -2.94. The maximum atomic E-state index is 5.47. The molecule has 1 aromatic heterocycles. The van der Waals surface area contributed by atoms with Crippen molar-refractivity contribution in [3.63, 3.8) is 0 Å². The molecule has 0 unspecified atom stereocenters. The molecule has 0 saturated carbocycles. The Balaban J connectivity index is 2.23. The zero-order chi connectivity index (χ0) is 18.6. The molecule has 26 heavy (non-hydrogen) atoms. The van der Waals surface area contributed by atoms with Crippen molar-refractivity contribution >= 4 is 11.9 Å². The van der Waals surface area contributed by atoms with Crippen molar-refractivity contribution in [1.82, 2.24) is 4.98 Å². The van der Waals surface area contributed by atoms with E-state index in [4.69, 9.17) is 9.72 Å². The SMILES string of the molecule is COc1cc(-c2ccccc2)c(C=Nc2ccccc2)c(C(C)(C)C)n1. The molecule has 0 fully saturated rings. The summed E-state index contributed by atoms with van der Waals surface area (Å²) < 4.78 is 5.47. The van der Waals surface area contributed by atoms with Gasteiger partial charge in [0.05, 0.1) is 18.5 Å². The standard InChI is InChI=1S/C23H24N2O/c1-23(2,3)22-20(16-24-18-13-9-6-10-14-18)19(15-21(25-22)26-4)17-11-7-5-8-12-17/h5-16H,1-4H3. The minimum atomic E-state index is -0.143.